The van der Waals surface area contributed by atoms with Crippen LogP contribution in [0.5, 0.6) is 23.0 Å². The Labute approximate surface area is 142 Å². The Morgan fingerprint density at radius 3 is 1.88 bits per heavy atom. The number of benzene rings is 2. The van der Waals surface area contributed by atoms with Gasteiger partial charge in [0, 0.05) is 12.0 Å². The first-order chi connectivity index (χ1) is 11.6. The highest BCUT2D eigenvalue weighted by Crippen LogP contribution is 2.29. The third-order valence-corrected chi connectivity index (χ3v) is 3.79. The van der Waals surface area contributed by atoms with Gasteiger partial charge >= 0.3 is 0 Å². The van der Waals surface area contributed by atoms with E-state index in [4.69, 9.17) is 18.9 Å². The molecule has 0 unspecified atom stereocenters. The Bertz CT molecular complexity index is 709. The van der Waals surface area contributed by atoms with Crippen molar-refractivity contribution in [3.8, 4) is 23.0 Å². The van der Waals surface area contributed by atoms with Crippen molar-refractivity contribution >= 4 is 5.78 Å². The molecule has 2 rings (SSSR count). The quantitative estimate of drug-likeness (QED) is 0.693. The molecule has 0 aliphatic rings. The molecule has 5 heteroatoms. The van der Waals surface area contributed by atoms with Gasteiger partial charge in [-0.05, 0) is 42.3 Å². The smallest absolute Gasteiger partial charge is 0.163 e. The number of Topliss-reactive ketones (excluding diaryl/α,β-unsaturated/α-hetero) is 1. The van der Waals surface area contributed by atoms with Crippen LogP contribution in [-0.4, -0.2) is 34.2 Å². The van der Waals surface area contributed by atoms with Gasteiger partial charge in [0.2, 0.25) is 0 Å². The molecule has 0 heterocycles. The van der Waals surface area contributed by atoms with Crippen LogP contribution in [0.2, 0.25) is 0 Å². The predicted molar refractivity (Wildman–Crippen MR) is 91.7 cm³/mol. The molecule has 0 saturated carbocycles. The molecule has 0 amide bonds. The molecule has 0 aliphatic carbocycles. The minimum Gasteiger partial charge on any atom is -0.493 e. The molecule has 0 aromatic heterocycles. The molecule has 2 aromatic rings. The molecule has 5 nitrogen and oxygen atoms in total. The van der Waals surface area contributed by atoms with Crippen molar-refractivity contribution in [1.29, 1.82) is 0 Å². The fourth-order valence-corrected chi connectivity index (χ4v) is 2.45. The molecule has 0 radical (unpaired) electrons. The Balaban J connectivity index is 2.08. The average Bonchev–Trinajstić information content (AvgIpc) is 2.64. The van der Waals surface area contributed by atoms with Gasteiger partial charge in [-0.2, -0.15) is 0 Å². The highest BCUT2D eigenvalue weighted by atomic mass is 16.5. The number of methoxy groups -OCH3 is 4. The predicted octanol–water partition coefficient (Wildman–Crippen LogP) is 3.54. The maximum absolute atomic E-state index is 12.4. The third kappa shape index (κ3) is 3.98. The van der Waals surface area contributed by atoms with Crippen LogP contribution in [0.15, 0.2) is 36.4 Å². The minimum atomic E-state index is 0.0470. The molecule has 2 aromatic carbocycles. The number of aryl methyl sites for hydroxylation is 1. The topological polar surface area (TPSA) is 54.0 Å². The van der Waals surface area contributed by atoms with Crippen LogP contribution >= 0.6 is 0 Å². The second-order valence-corrected chi connectivity index (χ2v) is 5.18. The van der Waals surface area contributed by atoms with Crippen molar-refractivity contribution in [2.45, 2.75) is 12.8 Å². The Kier molecular flexibility index (Phi) is 6.07. The lowest BCUT2D eigenvalue weighted by molar-refractivity contribution is 0.0982. The van der Waals surface area contributed by atoms with E-state index in [1.807, 2.05) is 18.2 Å². The summed E-state index contributed by atoms with van der Waals surface area (Å²) in [5.74, 6) is 2.54. The van der Waals surface area contributed by atoms with Crippen LogP contribution < -0.4 is 18.9 Å². The summed E-state index contributed by atoms with van der Waals surface area (Å²) in [7, 11) is 6.31. The van der Waals surface area contributed by atoms with Crippen molar-refractivity contribution in [3.63, 3.8) is 0 Å². The van der Waals surface area contributed by atoms with Crippen molar-refractivity contribution in [3.05, 3.63) is 47.5 Å². The molecule has 0 fully saturated rings. The standard InChI is InChI=1S/C19H22O5/c1-21-16-9-6-13(11-18(16)23-3)5-8-15(20)14-7-10-17(22-2)19(12-14)24-4/h6-7,9-12H,5,8H2,1-4H3. The number of hydrogen-bond donors (Lipinski definition) is 0. The number of hydrogen-bond acceptors (Lipinski definition) is 5. The summed E-state index contributed by atoms with van der Waals surface area (Å²) in [4.78, 5) is 12.4. The summed E-state index contributed by atoms with van der Waals surface area (Å²) in [6.45, 7) is 0. The first-order valence-electron chi connectivity index (χ1n) is 7.59. The highest BCUT2D eigenvalue weighted by Gasteiger charge is 2.12. The molecular weight excluding hydrogens is 308 g/mol. The number of ketones is 1. The van der Waals surface area contributed by atoms with Gasteiger partial charge in [0.05, 0.1) is 28.4 Å². The second-order valence-electron chi connectivity index (χ2n) is 5.18. The van der Waals surface area contributed by atoms with E-state index in [-0.39, 0.29) is 5.78 Å². The fourth-order valence-electron chi connectivity index (χ4n) is 2.45. The van der Waals surface area contributed by atoms with E-state index < -0.39 is 0 Å². The number of rotatable bonds is 8. The lowest BCUT2D eigenvalue weighted by Gasteiger charge is -2.10. The summed E-state index contributed by atoms with van der Waals surface area (Å²) in [5.41, 5.74) is 1.62. The van der Waals surface area contributed by atoms with Gasteiger partial charge in [-0.25, -0.2) is 0 Å². The fraction of sp³-hybridized carbons (Fsp3) is 0.316. The van der Waals surface area contributed by atoms with Crippen LogP contribution in [0, 0.1) is 0 Å². The van der Waals surface area contributed by atoms with E-state index in [0.717, 1.165) is 5.56 Å². The zero-order valence-corrected chi connectivity index (χ0v) is 14.4. The zero-order chi connectivity index (χ0) is 17.5. The van der Waals surface area contributed by atoms with Crippen LogP contribution in [0.4, 0.5) is 0 Å². The van der Waals surface area contributed by atoms with E-state index in [1.165, 1.54) is 0 Å². The van der Waals surface area contributed by atoms with Gasteiger partial charge in [-0.3, -0.25) is 4.79 Å². The van der Waals surface area contributed by atoms with Crippen molar-refractivity contribution in [1.82, 2.24) is 0 Å². The van der Waals surface area contributed by atoms with Crippen LogP contribution in [0.3, 0.4) is 0 Å². The number of carbonyl (C=O) groups is 1. The lowest BCUT2D eigenvalue weighted by Crippen LogP contribution is -2.03. The van der Waals surface area contributed by atoms with E-state index in [0.29, 0.717) is 41.4 Å². The first kappa shape index (κ1) is 17.7. The van der Waals surface area contributed by atoms with Crippen molar-refractivity contribution in [2.75, 3.05) is 28.4 Å². The first-order valence-corrected chi connectivity index (χ1v) is 7.59. The Morgan fingerprint density at radius 2 is 1.29 bits per heavy atom. The highest BCUT2D eigenvalue weighted by molar-refractivity contribution is 5.96. The summed E-state index contributed by atoms with van der Waals surface area (Å²) < 4.78 is 20.9. The van der Waals surface area contributed by atoms with E-state index >= 15 is 0 Å². The van der Waals surface area contributed by atoms with Gasteiger partial charge in [0.1, 0.15) is 0 Å². The third-order valence-electron chi connectivity index (χ3n) is 3.79. The molecule has 0 N–H and O–H groups in total. The van der Waals surface area contributed by atoms with Gasteiger partial charge in [0.15, 0.2) is 28.8 Å². The van der Waals surface area contributed by atoms with Gasteiger partial charge < -0.3 is 18.9 Å². The molecule has 128 valence electrons. The van der Waals surface area contributed by atoms with Crippen LogP contribution in [0.1, 0.15) is 22.3 Å². The summed E-state index contributed by atoms with van der Waals surface area (Å²) >= 11 is 0. The molecular formula is C19H22O5. The van der Waals surface area contributed by atoms with Crippen molar-refractivity contribution in [2.24, 2.45) is 0 Å². The number of carbonyl (C=O) groups excluding carboxylic acids is 1. The molecule has 0 aliphatic heterocycles. The molecule has 24 heavy (non-hydrogen) atoms. The summed E-state index contributed by atoms with van der Waals surface area (Å²) in [6.07, 6.45) is 1.01. The molecule has 0 spiro atoms. The van der Waals surface area contributed by atoms with Gasteiger partial charge in [-0.1, -0.05) is 6.07 Å². The minimum absolute atomic E-state index is 0.0470. The van der Waals surface area contributed by atoms with Crippen LogP contribution in [0.25, 0.3) is 0 Å². The number of ether oxygens (including phenoxy) is 4. The van der Waals surface area contributed by atoms with E-state index in [2.05, 4.69) is 0 Å². The van der Waals surface area contributed by atoms with Gasteiger partial charge in [-0.15, -0.1) is 0 Å². The van der Waals surface area contributed by atoms with E-state index in [1.54, 1.807) is 46.6 Å². The molecule has 0 saturated heterocycles. The average molecular weight is 330 g/mol. The lowest BCUT2D eigenvalue weighted by atomic mass is 10.0. The SMILES string of the molecule is COc1ccc(CCC(=O)c2ccc(OC)c(OC)c2)cc1OC. The molecule has 0 atom stereocenters. The maximum Gasteiger partial charge on any atom is 0.163 e. The van der Waals surface area contributed by atoms with Crippen LogP contribution in [-0.2, 0) is 6.42 Å². The van der Waals surface area contributed by atoms with Crippen molar-refractivity contribution < 1.29 is 23.7 Å². The zero-order valence-electron chi connectivity index (χ0n) is 14.4. The Hall–Kier alpha value is -2.69. The maximum atomic E-state index is 12.4. The Morgan fingerprint density at radius 1 is 0.750 bits per heavy atom. The monoisotopic (exact) mass is 330 g/mol. The van der Waals surface area contributed by atoms with Gasteiger partial charge in [0.25, 0.3) is 0 Å². The summed E-state index contributed by atoms with van der Waals surface area (Å²) in [5, 5.41) is 0. The second kappa shape index (κ2) is 8.24. The largest absolute Gasteiger partial charge is 0.493 e. The molecule has 0 bridgehead atoms. The van der Waals surface area contributed by atoms with E-state index in [9.17, 15) is 4.79 Å². The summed E-state index contributed by atoms with van der Waals surface area (Å²) in [6, 6.07) is 10.9. The normalized spacial score (nSPS) is 10.2.